The molecule has 1 unspecified atom stereocenters. The third kappa shape index (κ3) is 3.50. The summed E-state index contributed by atoms with van der Waals surface area (Å²) in [6.07, 6.45) is 9.30. The molecule has 1 saturated carbocycles. The Morgan fingerprint density at radius 2 is 1.95 bits per heavy atom. The lowest BCUT2D eigenvalue weighted by atomic mass is 9.85. The molecule has 1 atom stereocenters. The molecule has 2 fully saturated rings. The highest BCUT2D eigenvalue weighted by Gasteiger charge is 2.45. The predicted molar refractivity (Wildman–Crippen MR) is 80.6 cm³/mol. The number of nitrogens with zero attached hydrogens (tertiary/aromatic N) is 1. The topological polar surface area (TPSA) is 24.5 Å². The molecular weight excluding hydrogens is 236 g/mol. The van der Waals surface area contributed by atoms with E-state index in [-0.39, 0.29) is 0 Å². The van der Waals surface area contributed by atoms with Gasteiger partial charge in [0, 0.05) is 37.9 Å². The highest BCUT2D eigenvalue weighted by atomic mass is 16.5. The Morgan fingerprint density at radius 3 is 2.58 bits per heavy atom. The Labute approximate surface area is 119 Å². The van der Waals surface area contributed by atoms with E-state index in [0.29, 0.717) is 11.1 Å². The quantitative estimate of drug-likeness (QED) is 0.750. The largest absolute Gasteiger partial charge is 0.385 e. The predicted octanol–water partition coefficient (Wildman–Crippen LogP) is 2.80. The van der Waals surface area contributed by atoms with Gasteiger partial charge in [-0.2, -0.15) is 0 Å². The number of piperazine rings is 1. The average molecular weight is 268 g/mol. The van der Waals surface area contributed by atoms with E-state index in [1.165, 1.54) is 64.6 Å². The van der Waals surface area contributed by atoms with Gasteiger partial charge in [-0.05, 0) is 45.6 Å². The summed E-state index contributed by atoms with van der Waals surface area (Å²) in [5.74, 6) is 0. The maximum atomic E-state index is 5.18. The van der Waals surface area contributed by atoms with Crippen LogP contribution in [0.1, 0.15) is 58.8 Å². The van der Waals surface area contributed by atoms with Crippen molar-refractivity contribution in [3.8, 4) is 0 Å². The molecule has 0 amide bonds. The number of unbranched alkanes of at least 4 members (excludes halogenated alkanes) is 1. The molecule has 3 heteroatoms. The standard InChI is InChI=1S/C16H32N2O/c1-4-15(2)14-18(11-7-8-12-19-3)16(13-17-15)9-5-6-10-16/h17H,4-14H2,1-3H3. The van der Waals surface area contributed by atoms with Crippen LogP contribution in [0.15, 0.2) is 0 Å². The van der Waals surface area contributed by atoms with Gasteiger partial charge < -0.3 is 10.1 Å². The molecule has 1 heterocycles. The van der Waals surface area contributed by atoms with Gasteiger partial charge in [-0.1, -0.05) is 19.8 Å². The first-order chi connectivity index (χ1) is 9.14. The monoisotopic (exact) mass is 268 g/mol. The molecule has 19 heavy (non-hydrogen) atoms. The zero-order valence-corrected chi connectivity index (χ0v) is 13.1. The van der Waals surface area contributed by atoms with Crippen molar-refractivity contribution in [2.45, 2.75) is 69.9 Å². The van der Waals surface area contributed by atoms with Crippen LogP contribution in [-0.4, -0.2) is 49.3 Å². The van der Waals surface area contributed by atoms with Gasteiger partial charge in [0.1, 0.15) is 0 Å². The third-order valence-electron chi connectivity index (χ3n) is 5.40. The number of rotatable bonds is 6. The first kappa shape index (κ1) is 15.3. The van der Waals surface area contributed by atoms with E-state index < -0.39 is 0 Å². The Kier molecular flexibility index (Phi) is 5.27. The van der Waals surface area contributed by atoms with Crippen LogP contribution in [0.2, 0.25) is 0 Å². The van der Waals surface area contributed by atoms with E-state index in [4.69, 9.17) is 4.74 Å². The smallest absolute Gasteiger partial charge is 0.0462 e. The van der Waals surface area contributed by atoms with Crippen LogP contribution in [0.4, 0.5) is 0 Å². The summed E-state index contributed by atoms with van der Waals surface area (Å²) < 4.78 is 5.18. The lowest BCUT2D eigenvalue weighted by molar-refractivity contribution is 0.00964. The number of hydrogen-bond donors (Lipinski definition) is 1. The first-order valence-corrected chi connectivity index (χ1v) is 8.13. The number of ether oxygens (including phenoxy) is 1. The fourth-order valence-corrected chi connectivity index (χ4v) is 3.76. The van der Waals surface area contributed by atoms with E-state index in [1.54, 1.807) is 7.11 Å². The van der Waals surface area contributed by atoms with Gasteiger partial charge >= 0.3 is 0 Å². The highest BCUT2D eigenvalue weighted by Crippen LogP contribution is 2.39. The van der Waals surface area contributed by atoms with Crippen LogP contribution < -0.4 is 5.32 Å². The molecule has 2 aliphatic rings. The number of nitrogens with one attached hydrogen (secondary N) is 1. The van der Waals surface area contributed by atoms with Crippen molar-refractivity contribution in [2.75, 3.05) is 33.4 Å². The molecule has 1 saturated heterocycles. The summed E-state index contributed by atoms with van der Waals surface area (Å²) in [6.45, 7) is 9.27. The summed E-state index contributed by atoms with van der Waals surface area (Å²) in [7, 11) is 1.80. The SMILES string of the molecule is CCC1(C)CN(CCCCOC)C2(CCCC2)CN1. The van der Waals surface area contributed by atoms with Crippen molar-refractivity contribution in [2.24, 2.45) is 0 Å². The van der Waals surface area contributed by atoms with Gasteiger partial charge in [0.05, 0.1) is 0 Å². The first-order valence-electron chi connectivity index (χ1n) is 8.13. The van der Waals surface area contributed by atoms with Crippen LogP contribution in [0.3, 0.4) is 0 Å². The summed E-state index contributed by atoms with van der Waals surface area (Å²) in [6, 6.07) is 0. The fourth-order valence-electron chi connectivity index (χ4n) is 3.76. The second kappa shape index (κ2) is 6.55. The van der Waals surface area contributed by atoms with Crippen molar-refractivity contribution >= 4 is 0 Å². The van der Waals surface area contributed by atoms with E-state index in [0.717, 1.165) is 6.61 Å². The Hall–Kier alpha value is -0.120. The van der Waals surface area contributed by atoms with Crippen molar-refractivity contribution in [3.63, 3.8) is 0 Å². The van der Waals surface area contributed by atoms with Crippen molar-refractivity contribution < 1.29 is 4.74 Å². The molecule has 0 aromatic carbocycles. The maximum Gasteiger partial charge on any atom is 0.0462 e. The number of hydrogen-bond acceptors (Lipinski definition) is 3. The molecule has 1 aliphatic carbocycles. The minimum Gasteiger partial charge on any atom is -0.385 e. The Bertz CT molecular complexity index is 276. The van der Waals surface area contributed by atoms with Gasteiger partial charge in [-0.25, -0.2) is 0 Å². The molecule has 0 aromatic heterocycles. The van der Waals surface area contributed by atoms with Gasteiger partial charge in [-0.3, -0.25) is 4.90 Å². The lowest BCUT2D eigenvalue weighted by Gasteiger charge is -2.52. The van der Waals surface area contributed by atoms with Crippen LogP contribution in [0.5, 0.6) is 0 Å². The highest BCUT2D eigenvalue weighted by molar-refractivity contribution is 5.05. The minimum atomic E-state index is 0.315. The zero-order valence-electron chi connectivity index (χ0n) is 13.1. The summed E-state index contributed by atoms with van der Waals surface area (Å²) in [5.41, 5.74) is 0.789. The Balaban J connectivity index is 1.95. The van der Waals surface area contributed by atoms with E-state index >= 15 is 0 Å². The van der Waals surface area contributed by atoms with Crippen molar-refractivity contribution in [3.05, 3.63) is 0 Å². The van der Waals surface area contributed by atoms with Crippen LogP contribution in [0, 0.1) is 0 Å². The third-order valence-corrected chi connectivity index (χ3v) is 5.40. The van der Waals surface area contributed by atoms with Crippen LogP contribution in [-0.2, 0) is 4.74 Å². The van der Waals surface area contributed by atoms with Gasteiger partial charge in [0.25, 0.3) is 0 Å². The molecule has 1 spiro atoms. The van der Waals surface area contributed by atoms with E-state index in [9.17, 15) is 0 Å². The summed E-state index contributed by atoms with van der Waals surface area (Å²) in [5, 5.41) is 3.84. The van der Waals surface area contributed by atoms with Crippen molar-refractivity contribution in [1.82, 2.24) is 10.2 Å². The fraction of sp³-hybridized carbons (Fsp3) is 1.00. The lowest BCUT2D eigenvalue weighted by Crippen LogP contribution is -2.68. The normalized spacial score (nSPS) is 31.1. The molecule has 112 valence electrons. The molecule has 1 N–H and O–H groups in total. The molecule has 1 aliphatic heterocycles. The van der Waals surface area contributed by atoms with E-state index in [1.807, 2.05) is 0 Å². The van der Waals surface area contributed by atoms with Gasteiger partial charge in [-0.15, -0.1) is 0 Å². The molecule has 0 bridgehead atoms. The molecule has 2 rings (SSSR count). The summed E-state index contributed by atoms with van der Waals surface area (Å²) >= 11 is 0. The maximum absolute atomic E-state index is 5.18. The van der Waals surface area contributed by atoms with Gasteiger partial charge in [0.15, 0.2) is 0 Å². The number of methoxy groups -OCH3 is 1. The summed E-state index contributed by atoms with van der Waals surface area (Å²) in [4.78, 5) is 2.82. The minimum absolute atomic E-state index is 0.315. The van der Waals surface area contributed by atoms with Crippen molar-refractivity contribution in [1.29, 1.82) is 0 Å². The zero-order chi connectivity index (χ0) is 13.8. The van der Waals surface area contributed by atoms with Gasteiger partial charge in [0.2, 0.25) is 0 Å². The second-order valence-electron chi connectivity index (χ2n) is 6.82. The van der Waals surface area contributed by atoms with E-state index in [2.05, 4.69) is 24.1 Å². The molecule has 3 nitrogen and oxygen atoms in total. The van der Waals surface area contributed by atoms with Crippen LogP contribution in [0.25, 0.3) is 0 Å². The Morgan fingerprint density at radius 1 is 1.21 bits per heavy atom. The molecule has 0 radical (unpaired) electrons. The van der Waals surface area contributed by atoms with Crippen LogP contribution >= 0.6 is 0 Å². The molecule has 0 aromatic rings. The average Bonchev–Trinajstić information content (AvgIpc) is 2.89. The molecular formula is C16H32N2O. The second-order valence-corrected chi connectivity index (χ2v) is 6.82.